The molecule has 32 heavy (non-hydrogen) atoms. The number of likely N-dealkylation sites (tertiary alicyclic amines) is 1. The molecule has 0 spiro atoms. The van der Waals surface area contributed by atoms with Gasteiger partial charge in [-0.05, 0) is 49.2 Å². The predicted octanol–water partition coefficient (Wildman–Crippen LogP) is 5.01. The normalized spacial score (nSPS) is 16.5. The summed E-state index contributed by atoms with van der Waals surface area (Å²) in [6, 6.07) is 18.1. The summed E-state index contributed by atoms with van der Waals surface area (Å²) in [6.07, 6.45) is 2.10. The summed E-state index contributed by atoms with van der Waals surface area (Å²) < 4.78 is 11.1. The van der Waals surface area contributed by atoms with E-state index in [0.29, 0.717) is 17.8 Å². The SMILES string of the molecule is COc1ccc(OC)c(C2CCCN2Cc2nc3sc(-c4ccccc4)cc3c(=O)[nH]2)c1. The number of hydrogen-bond donors (Lipinski definition) is 1. The number of aromatic amines is 1. The first-order chi connectivity index (χ1) is 15.7. The van der Waals surface area contributed by atoms with Gasteiger partial charge < -0.3 is 14.5 Å². The molecule has 2 aromatic heterocycles. The number of thiophene rings is 1. The van der Waals surface area contributed by atoms with Crippen LogP contribution in [0.1, 0.15) is 30.3 Å². The summed E-state index contributed by atoms with van der Waals surface area (Å²) in [4.78, 5) is 24.8. The highest BCUT2D eigenvalue weighted by Gasteiger charge is 2.29. The molecule has 1 fully saturated rings. The molecule has 0 saturated carbocycles. The molecule has 1 atom stereocenters. The number of aromatic nitrogens is 2. The fourth-order valence-electron chi connectivity index (χ4n) is 4.46. The van der Waals surface area contributed by atoms with E-state index in [-0.39, 0.29) is 11.6 Å². The van der Waals surface area contributed by atoms with Crippen molar-refractivity contribution in [1.82, 2.24) is 14.9 Å². The molecule has 6 nitrogen and oxygen atoms in total. The van der Waals surface area contributed by atoms with Gasteiger partial charge in [0.15, 0.2) is 0 Å². The summed E-state index contributed by atoms with van der Waals surface area (Å²) >= 11 is 1.56. The monoisotopic (exact) mass is 447 g/mol. The fraction of sp³-hybridized carbons (Fsp3) is 0.280. The highest BCUT2D eigenvalue weighted by Crippen LogP contribution is 2.39. The molecule has 4 aromatic rings. The standard InChI is InChI=1S/C25H25N3O3S/c1-30-17-10-11-21(31-2)18(13-17)20-9-6-12-28(20)15-23-26-24(29)19-14-22(32-25(19)27-23)16-7-4-3-5-8-16/h3-5,7-8,10-11,13-14,20H,6,9,12,15H2,1-2H3,(H,26,27,29). The summed E-state index contributed by atoms with van der Waals surface area (Å²) in [6.45, 7) is 1.52. The van der Waals surface area contributed by atoms with Crippen molar-refractivity contribution in [2.24, 2.45) is 0 Å². The molecule has 1 aliphatic heterocycles. The van der Waals surface area contributed by atoms with E-state index in [1.54, 1.807) is 25.6 Å². The van der Waals surface area contributed by atoms with Crippen LogP contribution in [-0.2, 0) is 6.54 Å². The lowest BCUT2D eigenvalue weighted by atomic mass is 10.0. The average molecular weight is 448 g/mol. The summed E-state index contributed by atoms with van der Waals surface area (Å²) in [5.74, 6) is 2.36. The van der Waals surface area contributed by atoms with E-state index in [4.69, 9.17) is 14.5 Å². The van der Waals surface area contributed by atoms with Crippen LogP contribution in [0.25, 0.3) is 20.7 Å². The van der Waals surface area contributed by atoms with Gasteiger partial charge in [0.05, 0.1) is 26.2 Å². The topological polar surface area (TPSA) is 67.5 Å². The third kappa shape index (κ3) is 3.89. The van der Waals surface area contributed by atoms with E-state index in [9.17, 15) is 4.79 Å². The van der Waals surface area contributed by atoms with Crippen LogP contribution in [0.3, 0.4) is 0 Å². The molecule has 0 amide bonds. The second-order valence-electron chi connectivity index (χ2n) is 7.94. The molecular formula is C25H25N3O3S. The number of hydrogen-bond acceptors (Lipinski definition) is 6. The number of fused-ring (bicyclic) bond motifs is 1. The molecule has 164 valence electrons. The van der Waals surface area contributed by atoms with Gasteiger partial charge in [0.1, 0.15) is 22.2 Å². The maximum absolute atomic E-state index is 12.8. The fourth-order valence-corrected chi connectivity index (χ4v) is 5.51. The number of methoxy groups -OCH3 is 2. The lowest BCUT2D eigenvalue weighted by Gasteiger charge is -2.26. The van der Waals surface area contributed by atoms with Gasteiger partial charge in [0.25, 0.3) is 5.56 Å². The summed E-state index contributed by atoms with van der Waals surface area (Å²) in [5, 5.41) is 0.644. The van der Waals surface area contributed by atoms with Gasteiger partial charge in [-0.25, -0.2) is 4.98 Å². The second-order valence-corrected chi connectivity index (χ2v) is 8.98. The first-order valence-electron chi connectivity index (χ1n) is 10.7. The Labute approximate surface area is 190 Å². The first-order valence-corrected chi connectivity index (χ1v) is 11.5. The minimum absolute atomic E-state index is 0.0851. The lowest BCUT2D eigenvalue weighted by Crippen LogP contribution is -2.25. The van der Waals surface area contributed by atoms with Crippen molar-refractivity contribution >= 4 is 21.6 Å². The Kier molecular flexibility index (Phi) is 5.68. The zero-order valence-electron chi connectivity index (χ0n) is 18.1. The molecule has 7 heteroatoms. The molecule has 3 heterocycles. The number of H-pyrrole nitrogens is 1. The summed E-state index contributed by atoms with van der Waals surface area (Å²) in [7, 11) is 3.37. The van der Waals surface area contributed by atoms with Gasteiger partial charge in [0.2, 0.25) is 0 Å². The maximum atomic E-state index is 12.8. The van der Waals surface area contributed by atoms with E-state index < -0.39 is 0 Å². The highest BCUT2D eigenvalue weighted by atomic mass is 32.1. The zero-order chi connectivity index (χ0) is 22.1. The number of nitrogens with zero attached hydrogens (tertiary/aromatic N) is 2. The molecule has 1 saturated heterocycles. The van der Waals surface area contributed by atoms with Gasteiger partial charge in [-0.2, -0.15) is 0 Å². The number of benzene rings is 2. The highest BCUT2D eigenvalue weighted by molar-refractivity contribution is 7.21. The van der Waals surface area contributed by atoms with E-state index in [0.717, 1.165) is 51.7 Å². The predicted molar refractivity (Wildman–Crippen MR) is 128 cm³/mol. The smallest absolute Gasteiger partial charge is 0.259 e. The first kappa shape index (κ1) is 20.7. The van der Waals surface area contributed by atoms with Crippen molar-refractivity contribution in [3.63, 3.8) is 0 Å². The number of ether oxygens (including phenoxy) is 2. The van der Waals surface area contributed by atoms with Crippen molar-refractivity contribution in [2.75, 3.05) is 20.8 Å². The molecule has 1 aliphatic rings. The van der Waals surface area contributed by atoms with Crippen molar-refractivity contribution in [2.45, 2.75) is 25.4 Å². The molecule has 0 bridgehead atoms. The van der Waals surface area contributed by atoms with Gasteiger partial charge in [-0.15, -0.1) is 11.3 Å². The Morgan fingerprint density at radius 3 is 2.75 bits per heavy atom. The zero-order valence-corrected chi connectivity index (χ0v) is 18.9. The Bertz CT molecular complexity index is 1300. The molecule has 0 radical (unpaired) electrons. The van der Waals surface area contributed by atoms with Crippen LogP contribution >= 0.6 is 11.3 Å². The Morgan fingerprint density at radius 1 is 1.12 bits per heavy atom. The van der Waals surface area contributed by atoms with Crippen LogP contribution in [0.5, 0.6) is 11.5 Å². The third-order valence-electron chi connectivity index (χ3n) is 6.02. The molecule has 1 N–H and O–H groups in total. The van der Waals surface area contributed by atoms with Gasteiger partial charge in [-0.1, -0.05) is 30.3 Å². The minimum atomic E-state index is -0.0851. The average Bonchev–Trinajstić information content (AvgIpc) is 3.46. The number of nitrogens with one attached hydrogen (secondary N) is 1. The van der Waals surface area contributed by atoms with Crippen LogP contribution in [0.15, 0.2) is 59.4 Å². The molecule has 0 aliphatic carbocycles. The van der Waals surface area contributed by atoms with Gasteiger partial charge in [-0.3, -0.25) is 9.69 Å². The van der Waals surface area contributed by atoms with E-state index in [1.807, 2.05) is 42.5 Å². The minimum Gasteiger partial charge on any atom is -0.497 e. The molecule has 1 unspecified atom stereocenters. The summed E-state index contributed by atoms with van der Waals surface area (Å²) in [5.41, 5.74) is 2.12. The quantitative estimate of drug-likeness (QED) is 0.450. The van der Waals surface area contributed by atoms with Crippen molar-refractivity contribution in [1.29, 1.82) is 0 Å². The maximum Gasteiger partial charge on any atom is 0.259 e. The molecule has 5 rings (SSSR count). The van der Waals surface area contributed by atoms with Crippen LogP contribution in [0, 0.1) is 0 Å². The Balaban J connectivity index is 1.46. The van der Waals surface area contributed by atoms with Crippen LogP contribution < -0.4 is 15.0 Å². The second kappa shape index (κ2) is 8.76. The van der Waals surface area contributed by atoms with Crippen LogP contribution in [0.2, 0.25) is 0 Å². The third-order valence-corrected chi connectivity index (χ3v) is 7.10. The van der Waals surface area contributed by atoms with Crippen molar-refractivity contribution in [3.8, 4) is 21.9 Å². The van der Waals surface area contributed by atoms with Crippen LogP contribution in [0.4, 0.5) is 0 Å². The van der Waals surface area contributed by atoms with E-state index >= 15 is 0 Å². The lowest BCUT2D eigenvalue weighted by molar-refractivity contribution is 0.236. The van der Waals surface area contributed by atoms with Crippen molar-refractivity contribution < 1.29 is 9.47 Å². The van der Waals surface area contributed by atoms with Gasteiger partial charge in [0, 0.05) is 16.5 Å². The largest absolute Gasteiger partial charge is 0.497 e. The van der Waals surface area contributed by atoms with Crippen LogP contribution in [-0.4, -0.2) is 35.6 Å². The molecular weight excluding hydrogens is 422 g/mol. The van der Waals surface area contributed by atoms with E-state index in [2.05, 4.69) is 22.0 Å². The molecule has 2 aromatic carbocycles. The van der Waals surface area contributed by atoms with Gasteiger partial charge >= 0.3 is 0 Å². The number of rotatable bonds is 6. The van der Waals surface area contributed by atoms with Crippen molar-refractivity contribution in [3.05, 3.63) is 76.3 Å². The van der Waals surface area contributed by atoms with E-state index in [1.165, 1.54) is 0 Å². The Morgan fingerprint density at radius 2 is 1.97 bits per heavy atom. The Hall–Kier alpha value is -3.16.